The highest BCUT2D eigenvalue weighted by molar-refractivity contribution is 6.04. The van der Waals surface area contributed by atoms with E-state index in [0.717, 1.165) is 23.8 Å². The van der Waals surface area contributed by atoms with Crippen LogP contribution in [-0.4, -0.2) is 30.1 Å². The number of carbonyl (C=O) groups is 2. The monoisotopic (exact) mass is 450 g/mol. The van der Waals surface area contributed by atoms with E-state index in [1.807, 2.05) is 19.1 Å². The van der Waals surface area contributed by atoms with Gasteiger partial charge in [0.15, 0.2) is 0 Å². The second-order valence-corrected chi connectivity index (χ2v) is 7.91. The van der Waals surface area contributed by atoms with Crippen LogP contribution >= 0.6 is 0 Å². The molecular weight excluding hydrogens is 426 g/mol. The lowest BCUT2D eigenvalue weighted by Crippen LogP contribution is -2.49. The third-order valence-corrected chi connectivity index (χ3v) is 5.43. The predicted molar refractivity (Wildman–Crippen MR) is 124 cm³/mol. The molecular formula is C25H24F2N4O2. The molecule has 0 atom stereocenters. The largest absolute Gasteiger partial charge is 0.324 e. The molecule has 0 aliphatic carbocycles. The summed E-state index contributed by atoms with van der Waals surface area (Å²) in [6.45, 7) is 2.79. The summed E-state index contributed by atoms with van der Waals surface area (Å²) >= 11 is 0. The molecule has 1 fully saturated rings. The van der Waals surface area contributed by atoms with E-state index in [1.165, 1.54) is 4.90 Å². The fraction of sp³-hybridized carbons (Fsp3) is 0.200. The van der Waals surface area contributed by atoms with Crippen LogP contribution in [0.15, 0.2) is 66.7 Å². The molecule has 3 aromatic carbocycles. The lowest BCUT2D eigenvalue weighted by Gasteiger charge is -2.36. The van der Waals surface area contributed by atoms with Crippen molar-refractivity contribution in [1.29, 1.82) is 0 Å². The van der Waals surface area contributed by atoms with Crippen LogP contribution in [0.2, 0.25) is 0 Å². The zero-order chi connectivity index (χ0) is 23.4. The molecule has 33 heavy (non-hydrogen) atoms. The number of nitrogens with one attached hydrogen (secondary N) is 2. The predicted octanol–water partition coefficient (Wildman–Crippen LogP) is 5.75. The van der Waals surface area contributed by atoms with Gasteiger partial charge < -0.3 is 15.5 Å². The van der Waals surface area contributed by atoms with Crippen LogP contribution in [0.5, 0.6) is 0 Å². The Morgan fingerprint density at radius 1 is 0.970 bits per heavy atom. The molecule has 0 spiro atoms. The normalized spacial score (nSPS) is 13.7. The van der Waals surface area contributed by atoms with Crippen molar-refractivity contribution >= 4 is 29.1 Å². The Labute approximate surface area is 190 Å². The molecule has 4 rings (SSSR count). The van der Waals surface area contributed by atoms with E-state index >= 15 is 0 Å². The molecule has 0 radical (unpaired) electrons. The van der Waals surface area contributed by atoms with Crippen LogP contribution in [0.25, 0.3) is 0 Å². The minimum Gasteiger partial charge on any atom is -0.320 e. The maximum absolute atomic E-state index is 14.1. The smallest absolute Gasteiger partial charge is 0.320 e. The second kappa shape index (κ2) is 9.68. The van der Waals surface area contributed by atoms with Crippen LogP contribution in [0.1, 0.15) is 17.5 Å². The van der Waals surface area contributed by atoms with E-state index in [9.17, 15) is 18.4 Å². The Kier molecular flexibility index (Phi) is 6.53. The van der Waals surface area contributed by atoms with Gasteiger partial charge in [-0.15, -0.1) is 0 Å². The van der Waals surface area contributed by atoms with Crippen LogP contribution in [0, 0.1) is 18.6 Å². The first-order valence-corrected chi connectivity index (χ1v) is 10.6. The number of aryl methyl sites for hydroxylation is 1. The molecule has 1 saturated heterocycles. The van der Waals surface area contributed by atoms with Gasteiger partial charge in [0.25, 0.3) is 0 Å². The first-order chi connectivity index (χ1) is 15.9. The number of benzene rings is 3. The van der Waals surface area contributed by atoms with E-state index in [-0.39, 0.29) is 18.1 Å². The summed E-state index contributed by atoms with van der Waals surface area (Å²) in [5.74, 6) is -1.11. The molecule has 6 nitrogen and oxygen atoms in total. The van der Waals surface area contributed by atoms with Gasteiger partial charge >= 0.3 is 12.1 Å². The summed E-state index contributed by atoms with van der Waals surface area (Å²) in [6.07, 6.45) is 0.645. The third kappa shape index (κ3) is 5.28. The number of urea groups is 2. The van der Waals surface area contributed by atoms with Crippen molar-refractivity contribution in [2.75, 3.05) is 28.6 Å². The van der Waals surface area contributed by atoms with Gasteiger partial charge in [0.2, 0.25) is 0 Å². The molecule has 3 aromatic rings. The van der Waals surface area contributed by atoms with Crippen molar-refractivity contribution in [2.24, 2.45) is 0 Å². The van der Waals surface area contributed by atoms with Crippen molar-refractivity contribution in [1.82, 2.24) is 4.90 Å². The van der Waals surface area contributed by atoms with E-state index in [0.29, 0.717) is 36.6 Å². The zero-order valence-electron chi connectivity index (χ0n) is 18.1. The Morgan fingerprint density at radius 3 is 2.52 bits per heavy atom. The average Bonchev–Trinajstić information content (AvgIpc) is 2.80. The maximum Gasteiger partial charge on any atom is 0.324 e. The fourth-order valence-electron chi connectivity index (χ4n) is 3.76. The molecule has 0 aromatic heterocycles. The number of nitrogens with zero attached hydrogens (tertiary/aromatic N) is 2. The molecule has 8 heteroatoms. The Morgan fingerprint density at radius 2 is 1.73 bits per heavy atom. The molecule has 2 N–H and O–H groups in total. The zero-order valence-corrected chi connectivity index (χ0v) is 18.1. The lowest BCUT2D eigenvalue weighted by molar-refractivity contribution is 0.191. The van der Waals surface area contributed by atoms with Gasteiger partial charge in [0.1, 0.15) is 11.6 Å². The SMILES string of the molecule is Cc1ccc(NC(=O)Nc2ccccc2N2CCCN(Cc3cc(F)ccc3F)C2=O)cc1. The van der Waals surface area contributed by atoms with Crippen molar-refractivity contribution in [2.45, 2.75) is 19.9 Å². The van der Waals surface area contributed by atoms with Crippen LogP contribution in [0.4, 0.5) is 35.4 Å². The maximum atomic E-state index is 14.1. The van der Waals surface area contributed by atoms with Crippen LogP contribution in [-0.2, 0) is 6.54 Å². The van der Waals surface area contributed by atoms with Gasteiger partial charge in [-0.05, 0) is 55.8 Å². The standard InChI is InChI=1S/C25H24F2N4O2/c1-17-7-10-20(11-8-17)28-24(32)29-22-5-2-3-6-23(22)31-14-4-13-30(25(31)33)16-18-15-19(26)9-12-21(18)27/h2-3,5-12,15H,4,13-14,16H2,1H3,(H2,28,29,32). The summed E-state index contributed by atoms with van der Waals surface area (Å²) in [5, 5.41) is 5.57. The van der Waals surface area contributed by atoms with E-state index in [4.69, 9.17) is 0 Å². The van der Waals surface area contributed by atoms with E-state index in [1.54, 1.807) is 41.3 Å². The van der Waals surface area contributed by atoms with Gasteiger partial charge in [0.05, 0.1) is 17.9 Å². The number of amides is 4. The highest BCUT2D eigenvalue weighted by Gasteiger charge is 2.29. The van der Waals surface area contributed by atoms with Crippen LogP contribution in [0.3, 0.4) is 0 Å². The average molecular weight is 450 g/mol. The number of anilines is 3. The molecule has 1 aliphatic heterocycles. The van der Waals surface area contributed by atoms with Crippen molar-refractivity contribution in [3.8, 4) is 0 Å². The Balaban J connectivity index is 1.50. The number of halogens is 2. The van der Waals surface area contributed by atoms with Gasteiger partial charge in [0, 0.05) is 24.3 Å². The molecule has 1 heterocycles. The summed E-state index contributed by atoms with van der Waals surface area (Å²) in [5.41, 5.74) is 2.85. The van der Waals surface area contributed by atoms with E-state index in [2.05, 4.69) is 10.6 Å². The summed E-state index contributed by atoms with van der Waals surface area (Å²) in [7, 11) is 0. The van der Waals surface area contributed by atoms with Gasteiger partial charge in [-0.1, -0.05) is 29.8 Å². The van der Waals surface area contributed by atoms with Gasteiger partial charge in [-0.2, -0.15) is 0 Å². The van der Waals surface area contributed by atoms with Crippen molar-refractivity contribution < 1.29 is 18.4 Å². The minimum absolute atomic E-state index is 0.0393. The Bertz CT molecular complexity index is 1170. The number of carbonyl (C=O) groups excluding carboxylic acids is 2. The quantitative estimate of drug-likeness (QED) is 0.520. The summed E-state index contributed by atoms with van der Waals surface area (Å²) in [6, 6.07) is 16.8. The fourth-order valence-corrected chi connectivity index (χ4v) is 3.76. The first-order valence-electron chi connectivity index (χ1n) is 10.6. The van der Waals surface area contributed by atoms with Crippen LogP contribution < -0.4 is 15.5 Å². The number of para-hydroxylation sites is 2. The minimum atomic E-state index is -0.559. The van der Waals surface area contributed by atoms with Crippen molar-refractivity contribution in [3.63, 3.8) is 0 Å². The molecule has 0 saturated carbocycles. The number of hydrogen-bond acceptors (Lipinski definition) is 2. The lowest BCUT2D eigenvalue weighted by atomic mass is 10.1. The molecule has 4 amide bonds. The topological polar surface area (TPSA) is 64.7 Å². The molecule has 170 valence electrons. The van der Waals surface area contributed by atoms with Crippen molar-refractivity contribution in [3.05, 3.63) is 89.5 Å². The Hall–Kier alpha value is -3.94. The first kappa shape index (κ1) is 22.3. The summed E-state index contributed by atoms with van der Waals surface area (Å²) < 4.78 is 27.7. The van der Waals surface area contributed by atoms with Gasteiger partial charge in [-0.3, -0.25) is 4.90 Å². The highest BCUT2D eigenvalue weighted by Crippen LogP contribution is 2.29. The second-order valence-electron chi connectivity index (χ2n) is 7.91. The number of rotatable bonds is 5. The van der Waals surface area contributed by atoms with Gasteiger partial charge in [-0.25, -0.2) is 18.4 Å². The summed E-state index contributed by atoms with van der Waals surface area (Å²) in [4.78, 5) is 28.8. The molecule has 0 unspecified atom stereocenters. The molecule has 0 bridgehead atoms. The van der Waals surface area contributed by atoms with E-state index < -0.39 is 17.7 Å². The number of hydrogen-bond donors (Lipinski definition) is 2. The highest BCUT2D eigenvalue weighted by atomic mass is 19.1. The third-order valence-electron chi connectivity index (χ3n) is 5.43. The molecule has 1 aliphatic rings.